The Morgan fingerprint density at radius 3 is 1.27 bits per heavy atom. The first-order valence-electron chi connectivity index (χ1n) is 7.76. The molecule has 0 saturated heterocycles. The van der Waals surface area contributed by atoms with Crippen molar-refractivity contribution in [3.05, 3.63) is 70.8 Å². The third-order valence-electron chi connectivity index (χ3n) is 3.85. The average molecular weight is 292 g/mol. The van der Waals surface area contributed by atoms with E-state index in [1.54, 1.807) is 0 Å². The maximum Gasteiger partial charge on any atom is 0.0342 e. The predicted molar refractivity (Wildman–Crippen MR) is 96.2 cm³/mol. The van der Waals surface area contributed by atoms with Crippen molar-refractivity contribution in [2.45, 2.75) is 39.5 Å². The highest BCUT2D eigenvalue weighted by atomic mass is 15.2. The molecular weight excluding hydrogens is 268 g/mol. The van der Waals surface area contributed by atoms with Crippen LogP contribution in [0, 0.1) is 13.8 Å². The Morgan fingerprint density at radius 2 is 0.955 bits per heavy atom. The summed E-state index contributed by atoms with van der Waals surface area (Å²) in [6, 6.07) is 17.1. The topological polar surface area (TPSA) is 24.7 Å². The van der Waals surface area contributed by atoms with Crippen molar-refractivity contribution in [3.63, 3.8) is 0 Å². The second-order valence-electron chi connectivity index (χ2n) is 5.93. The van der Waals surface area contributed by atoms with Crippen LogP contribution in [-0.2, 0) is 0 Å². The summed E-state index contributed by atoms with van der Waals surface area (Å²) < 4.78 is 0. The van der Waals surface area contributed by atoms with E-state index in [-0.39, 0.29) is 11.8 Å². The van der Waals surface area contributed by atoms with Crippen molar-refractivity contribution in [2.75, 3.05) is 0 Å². The van der Waals surface area contributed by atoms with Gasteiger partial charge in [0.2, 0.25) is 0 Å². The van der Waals surface area contributed by atoms with Gasteiger partial charge in [0.05, 0.1) is 0 Å². The van der Waals surface area contributed by atoms with E-state index < -0.39 is 0 Å². The summed E-state index contributed by atoms with van der Waals surface area (Å²) in [5.41, 5.74) is 5.07. The van der Waals surface area contributed by atoms with E-state index in [9.17, 15) is 0 Å². The minimum atomic E-state index is 0.271. The SMILES string of the molecule is Cc1ccc([C@@H](C)/C=N/N=C/[C@H](C)c2ccc(C)cc2)cc1. The van der Waals surface area contributed by atoms with E-state index in [1.165, 1.54) is 22.3 Å². The third-order valence-corrected chi connectivity index (χ3v) is 3.85. The van der Waals surface area contributed by atoms with E-state index in [4.69, 9.17) is 0 Å². The van der Waals surface area contributed by atoms with Crippen LogP contribution in [0.25, 0.3) is 0 Å². The zero-order chi connectivity index (χ0) is 15.9. The fraction of sp³-hybridized carbons (Fsp3) is 0.300. The molecule has 2 atom stereocenters. The zero-order valence-corrected chi connectivity index (χ0v) is 13.8. The normalized spacial score (nSPS) is 14.5. The first-order chi connectivity index (χ1) is 10.6. The number of hydrogen-bond acceptors (Lipinski definition) is 2. The minimum absolute atomic E-state index is 0.271. The molecule has 0 aliphatic heterocycles. The smallest absolute Gasteiger partial charge is 0.0342 e. The molecule has 0 aliphatic carbocycles. The fourth-order valence-electron chi connectivity index (χ4n) is 2.19. The van der Waals surface area contributed by atoms with Gasteiger partial charge in [0, 0.05) is 24.3 Å². The van der Waals surface area contributed by atoms with E-state index in [0.717, 1.165) is 0 Å². The number of rotatable bonds is 5. The number of nitrogens with zero attached hydrogens (tertiary/aromatic N) is 2. The Kier molecular flexibility index (Phi) is 5.65. The van der Waals surface area contributed by atoms with Gasteiger partial charge in [0.15, 0.2) is 0 Å². The van der Waals surface area contributed by atoms with Crippen LogP contribution >= 0.6 is 0 Å². The molecule has 0 saturated carbocycles. The third kappa shape index (κ3) is 4.66. The molecule has 0 heterocycles. The molecule has 0 N–H and O–H groups in total. The Hall–Kier alpha value is -2.22. The summed E-state index contributed by atoms with van der Waals surface area (Å²) >= 11 is 0. The van der Waals surface area contributed by atoms with Gasteiger partial charge in [-0.2, -0.15) is 10.2 Å². The standard InChI is InChI=1S/C20H24N2/c1-15-5-9-19(10-6-15)17(3)13-21-22-14-18(4)20-11-7-16(2)8-12-20/h5-14,17-18H,1-4H3/b21-13+,22-14+/t17-,18-/m0/s1. The average Bonchev–Trinajstić information content (AvgIpc) is 2.52. The second-order valence-corrected chi connectivity index (χ2v) is 5.93. The Morgan fingerprint density at radius 1 is 0.636 bits per heavy atom. The van der Waals surface area contributed by atoms with Gasteiger partial charge in [-0.3, -0.25) is 0 Å². The first-order valence-corrected chi connectivity index (χ1v) is 7.76. The molecule has 0 amide bonds. The summed E-state index contributed by atoms with van der Waals surface area (Å²) in [5.74, 6) is 0.542. The highest BCUT2D eigenvalue weighted by molar-refractivity contribution is 5.70. The summed E-state index contributed by atoms with van der Waals surface area (Å²) in [4.78, 5) is 0. The monoisotopic (exact) mass is 292 g/mol. The number of aryl methyl sites for hydroxylation is 2. The fourth-order valence-corrected chi connectivity index (χ4v) is 2.19. The lowest BCUT2D eigenvalue weighted by atomic mass is 10.0. The summed E-state index contributed by atoms with van der Waals surface area (Å²) in [5, 5.41) is 8.40. The molecule has 0 aromatic heterocycles. The Bertz CT molecular complexity index is 577. The minimum Gasteiger partial charge on any atom is -0.163 e. The second kappa shape index (κ2) is 7.69. The summed E-state index contributed by atoms with van der Waals surface area (Å²) in [7, 11) is 0. The van der Waals surface area contributed by atoms with Crippen LogP contribution in [-0.4, -0.2) is 12.4 Å². The van der Waals surface area contributed by atoms with Crippen LogP contribution in [0.15, 0.2) is 58.7 Å². The first kappa shape index (κ1) is 16.2. The van der Waals surface area contributed by atoms with Gasteiger partial charge in [-0.05, 0) is 25.0 Å². The van der Waals surface area contributed by atoms with Crippen LogP contribution in [0.3, 0.4) is 0 Å². The van der Waals surface area contributed by atoms with E-state index in [0.29, 0.717) is 0 Å². The molecule has 0 spiro atoms. The largest absolute Gasteiger partial charge is 0.163 e. The van der Waals surface area contributed by atoms with Gasteiger partial charge < -0.3 is 0 Å². The van der Waals surface area contributed by atoms with Crippen LogP contribution in [0.5, 0.6) is 0 Å². The Balaban J connectivity index is 1.93. The molecular formula is C20H24N2. The molecule has 0 unspecified atom stereocenters. The molecule has 0 aliphatic rings. The molecule has 2 rings (SSSR count). The molecule has 0 bridgehead atoms. The Labute approximate surface area is 133 Å². The lowest BCUT2D eigenvalue weighted by Gasteiger charge is -2.06. The van der Waals surface area contributed by atoms with Gasteiger partial charge in [-0.25, -0.2) is 0 Å². The lowest BCUT2D eigenvalue weighted by Crippen LogP contribution is -1.96. The lowest BCUT2D eigenvalue weighted by molar-refractivity contribution is 1.01. The van der Waals surface area contributed by atoms with Crippen molar-refractivity contribution in [2.24, 2.45) is 10.2 Å². The van der Waals surface area contributed by atoms with Crippen LogP contribution in [0.1, 0.15) is 47.9 Å². The number of hydrogen-bond donors (Lipinski definition) is 0. The quantitative estimate of drug-likeness (QED) is 0.530. The molecule has 2 aromatic carbocycles. The predicted octanol–water partition coefficient (Wildman–Crippen LogP) is 5.27. The summed E-state index contributed by atoms with van der Waals surface area (Å²) in [6.45, 7) is 8.46. The van der Waals surface area contributed by atoms with Gasteiger partial charge in [0.1, 0.15) is 0 Å². The molecule has 2 nitrogen and oxygen atoms in total. The maximum absolute atomic E-state index is 4.20. The van der Waals surface area contributed by atoms with Crippen LogP contribution in [0.2, 0.25) is 0 Å². The van der Waals surface area contributed by atoms with Gasteiger partial charge in [-0.15, -0.1) is 0 Å². The van der Waals surface area contributed by atoms with Crippen LogP contribution < -0.4 is 0 Å². The van der Waals surface area contributed by atoms with Gasteiger partial charge in [-0.1, -0.05) is 73.5 Å². The van der Waals surface area contributed by atoms with E-state index >= 15 is 0 Å². The molecule has 0 fully saturated rings. The summed E-state index contributed by atoms with van der Waals surface area (Å²) in [6.07, 6.45) is 3.78. The molecule has 114 valence electrons. The van der Waals surface area contributed by atoms with Crippen molar-refractivity contribution in [3.8, 4) is 0 Å². The molecule has 2 aromatic rings. The maximum atomic E-state index is 4.20. The molecule has 22 heavy (non-hydrogen) atoms. The molecule has 2 heteroatoms. The number of benzene rings is 2. The highest BCUT2D eigenvalue weighted by Gasteiger charge is 2.02. The van der Waals surface area contributed by atoms with E-state index in [2.05, 4.69) is 86.4 Å². The van der Waals surface area contributed by atoms with Crippen molar-refractivity contribution in [1.82, 2.24) is 0 Å². The van der Waals surface area contributed by atoms with Gasteiger partial charge in [0.25, 0.3) is 0 Å². The van der Waals surface area contributed by atoms with Gasteiger partial charge >= 0.3 is 0 Å². The van der Waals surface area contributed by atoms with E-state index in [1.807, 2.05) is 12.4 Å². The van der Waals surface area contributed by atoms with Crippen molar-refractivity contribution in [1.29, 1.82) is 0 Å². The molecule has 0 radical (unpaired) electrons. The van der Waals surface area contributed by atoms with Crippen molar-refractivity contribution < 1.29 is 0 Å². The van der Waals surface area contributed by atoms with Crippen LogP contribution in [0.4, 0.5) is 0 Å². The van der Waals surface area contributed by atoms with Crippen molar-refractivity contribution >= 4 is 12.4 Å². The zero-order valence-electron chi connectivity index (χ0n) is 13.8. The highest BCUT2D eigenvalue weighted by Crippen LogP contribution is 2.15.